The summed E-state index contributed by atoms with van der Waals surface area (Å²) in [6.07, 6.45) is 2.73. The molecule has 1 atom stereocenters. The van der Waals surface area contributed by atoms with Crippen LogP contribution in [0.1, 0.15) is 53.8 Å². The van der Waals surface area contributed by atoms with Gasteiger partial charge in [-0.1, -0.05) is 18.6 Å². The number of carbonyl (C=O) groups is 2. The van der Waals surface area contributed by atoms with Crippen molar-refractivity contribution >= 4 is 21.8 Å². The van der Waals surface area contributed by atoms with E-state index < -0.39 is 16.0 Å². The number of piperidine rings is 1. The number of rotatable bonds is 8. The van der Waals surface area contributed by atoms with Crippen LogP contribution in [0.5, 0.6) is 5.75 Å². The molecule has 1 saturated heterocycles. The molecule has 0 spiro atoms. The van der Waals surface area contributed by atoms with Gasteiger partial charge in [0.25, 0.3) is 0 Å². The third-order valence-electron chi connectivity index (χ3n) is 5.28. The number of ketones is 1. The van der Waals surface area contributed by atoms with Crippen molar-refractivity contribution in [1.82, 2.24) is 4.31 Å². The maximum absolute atomic E-state index is 12.9. The maximum Gasteiger partial charge on any atom is 0.338 e. The van der Waals surface area contributed by atoms with E-state index in [1.807, 2.05) is 6.92 Å². The number of nitrogens with zero attached hydrogens (tertiary/aromatic N) is 1. The summed E-state index contributed by atoms with van der Waals surface area (Å²) in [5, 5.41) is 0. The van der Waals surface area contributed by atoms with Crippen LogP contribution in [0.15, 0.2) is 53.4 Å². The second kappa shape index (κ2) is 10.1. The Balaban J connectivity index is 1.55. The van der Waals surface area contributed by atoms with E-state index in [1.54, 1.807) is 24.3 Å². The molecule has 3 rings (SSSR count). The third-order valence-corrected chi connectivity index (χ3v) is 7.31. The molecule has 0 saturated carbocycles. The van der Waals surface area contributed by atoms with Crippen LogP contribution in [0.2, 0.25) is 0 Å². The zero-order valence-corrected chi connectivity index (χ0v) is 18.6. The van der Waals surface area contributed by atoms with Gasteiger partial charge >= 0.3 is 5.97 Å². The number of para-hydroxylation sites is 1. The van der Waals surface area contributed by atoms with Gasteiger partial charge in [0.2, 0.25) is 10.0 Å². The minimum atomic E-state index is -3.58. The molecule has 31 heavy (non-hydrogen) atoms. The molecule has 1 fully saturated rings. The molecule has 2 aromatic carbocycles. The number of sulfonamides is 1. The van der Waals surface area contributed by atoms with Crippen molar-refractivity contribution in [2.24, 2.45) is 0 Å². The molecule has 0 amide bonds. The Hall–Kier alpha value is -2.71. The van der Waals surface area contributed by atoms with Gasteiger partial charge in [0, 0.05) is 12.6 Å². The van der Waals surface area contributed by atoms with Crippen molar-refractivity contribution < 1.29 is 27.5 Å². The number of hydrogen-bond acceptors (Lipinski definition) is 6. The predicted octanol–water partition coefficient (Wildman–Crippen LogP) is 3.69. The number of ether oxygens (including phenoxy) is 2. The average molecular weight is 446 g/mol. The monoisotopic (exact) mass is 445 g/mol. The van der Waals surface area contributed by atoms with E-state index in [-0.39, 0.29) is 35.5 Å². The first-order valence-electron chi connectivity index (χ1n) is 10.3. The fraction of sp³-hybridized carbons (Fsp3) is 0.391. The molecule has 7 nitrogen and oxygen atoms in total. The van der Waals surface area contributed by atoms with Crippen molar-refractivity contribution in [1.29, 1.82) is 0 Å². The summed E-state index contributed by atoms with van der Waals surface area (Å²) in [6.45, 7) is 3.98. The van der Waals surface area contributed by atoms with E-state index in [2.05, 4.69) is 0 Å². The lowest BCUT2D eigenvalue weighted by Crippen LogP contribution is -2.41. The van der Waals surface area contributed by atoms with E-state index in [4.69, 9.17) is 9.47 Å². The molecule has 0 N–H and O–H groups in total. The molecule has 166 valence electrons. The summed E-state index contributed by atoms with van der Waals surface area (Å²) in [6, 6.07) is 12.6. The highest BCUT2D eigenvalue weighted by atomic mass is 32.2. The van der Waals surface area contributed by atoms with Gasteiger partial charge in [-0.3, -0.25) is 4.79 Å². The van der Waals surface area contributed by atoms with Gasteiger partial charge in [-0.25, -0.2) is 13.2 Å². The van der Waals surface area contributed by atoms with Gasteiger partial charge in [0.1, 0.15) is 19.0 Å². The van der Waals surface area contributed by atoms with Crippen LogP contribution in [-0.2, 0) is 14.8 Å². The summed E-state index contributed by atoms with van der Waals surface area (Å²) in [4.78, 5) is 24.0. The summed E-state index contributed by atoms with van der Waals surface area (Å²) in [5.74, 6) is -0.243. The molecule has 8 heteroatoms. The Morgan fingerprint density at radius 2 is 1.74 bits per heavy atom. The Labute approximate surface area is 183 Å². The molecule has 0 bridgehead atoms. The fourth-order valence-electron chi connectivity index (χ4n) is 3.58. The van der Waals surface area contributed by atoms with Crippen LogP contribution in [0.4, 0.5) is 0 Å². The highest BCUT2D eigenvalue weighted by Crippen LogP contribution is 2.25. The Morgan fingerprint density at radius 3 is 2.42 bits per heavy atom. The standard InChI is InChI=1S/C23H27NO6S/c1-17-7-5-6-14-24(17)31(27,28)20-12-10-19(11-13-20)23(26)30-16-15-29-22-9-4-3-8-21(22)18(2)25/h3-4,8-13,17H,5-7,14-16H2,1-2H3/t17-/m0/s1. The summed E-state index contributed by atoms with van der Waals surface area (Å²) >= 11 is 0. The molecule has 0 radical (unpaired) electrons. The number of esters is 1. The van der Waals surface area contributed by atoms with E-state index >= 15 is 0 Å². The largest absolute Gasteiger partial charge is 0.489 e. The van der Waals surface area contributed by atoms with Crippen LogP contribution < -0.4 is 4.74 Å². The lowest BCUT2D eigenvalue weighted by atomic mass is 10.1. The lowest BCUT2D eigenvalue weighted by molar-refractivity contribution is 0.0449. The van der Waals surface area contributed by atoms with E-state index in [0.717, 1.165) is 19.3 Å². The maximum atomic E-state index is 12.9. The summed E-state index contributed by atoms with van der Waals surface area (Å²) < 4.78 is 38.0. The van der Waals surface area contributed by atoms with Gasteiger partial charge < -0.3 is 9.47 Å². The van der Waals surface area contributed by atoms with Gasteiger partial charge in [0.05, 0.1) is 16.0 Å². The SMILES string of the molecule is CC(=O)c1ccccc1OCCOC(=O)c1ccc(S(=O)(=O)N2CCCC[C@@H]2C)cc1. The van der Waals surface area contributed by atoms with Gasteiger partial charge in [-0.05, 0) is 63.1 Å². The van der Waals surface area contributed by atoms with Crippen LogP contribution in [0.25, 0.3) is 0 Å². The second-order valence-corrected chi connectivity index (χ2v) is 9.41. The molecular weight excluding hydrogens is 418 g/mol. The zero-order valence-electron chi connectivity index (χ0n) is 17.7. The second-order valence-electron chi connectivity index (χ2n) is 7.52. The molecule has 0 unspecified atom stereocenters. The third kappa shape index (κ3) is 5.51. The minimum Gasteiger partial charge on any atom is -0.489 e. The average Bonchev–Trinajstić information content (AvgIpc) is 2.77. The molecule has 1 aliphatic rings. The minimum absolute atomic E-state index is 0.00356. The Kier molecular flexibility index (Phi) is 7.46. The van der Waals surface area contributed by atoms with Crippen molar-refractivity contribution in [3.05, 3.63) is 59.7 Å². The molecule has 2 aromatic rings. The number of Topliss-reactive ketones (excluding diaryl/α,β-unsaturated/α-hetero) is 1. The molecule has 1 aliphatic heterocycles. The molecule has 1 heterocycles. The smallest absolute Gasteiger partial charge is 0.338 e. The van der Waals surface area contributed by atoms with Crippen molar-refractivity contribution in [3.63, 3.8) is 0 Å². The fourth-order valence-corrected chi connectivity index (χ4v) is 5.28. The van der Waals surface area contributed by atoms with Gasteiger partial charge in [-0.15, -0.1) is 0 Å². The topological polar surface area (TPSA) is 90.0 Å². The first-order valence-corrected chi connectivity index (χ1v) is 11.8. The molecular formula is C23H27NO6S. The van der Waals surface area contributed by atoms with Crippen LogP contribution >= 0.6 is 0 Å². The van der Waals surface area contributed by atoms with Gasteiger partial charge in [0.15, 0.2) is 5.78 Å². The Bertz CT molecular complexity index is 1030. The van der Waals surface area contributed by atoms with E-state index in [9.17, 15) is 18.0 Å². The van der Waals surface area contributed by atoms with Crippen LogP contribution in [0.3, 0.4) is 0 Å². The zero-order chi connectivity index (χ0) is 22.4. The highest BCUT2D eigenvalue weighted by molar-refractivity contribution is 7.89. The molecule has 0 aromatic heterocycles. The highest BCUT2D eigenvalue weighted by Gasteiger charge is 2.30. The molecule has 0 aliphatic carbocycles. The van der Waals surface area contributed by atoms with Crippen molar-refractivity contribution in [3.8, 4) is 5.75 Å². The number of benzene rings is 2. The van der Waals surface area contributed by atoms with Crippen molar-refractivity contribution in [2.75, 3.05) is 19.8 Å². The number of hydrogen-bond donors (Lipinski definition) is 0. The predicted molar refractivity (Wildman–Crippen MR) is 116 cm³/mol. The summed E-state index contributed by atoms with van der Waals surface area (Å²) in [5.41, 5.74) is 0.725. The van der Waals surface area contributed by atoms with E-state index in [0.29, 0.717) is 17.9 Å². The van der Waals surface area contributed by atoms with Crippen molar-refractivity contribution in [2.45, 2.75) is 44.0 Å². The van der Waals surface area contributed by atoms with E-state index in [1.165, 1.54) is 35.5 Å². The number of carbonyl (C=O) groups excluding carboxylic acids is 2. The normalized spacial score (nSPS) is 17.2. The van der Waals surface area contributed by atoms with Gasteiger partial charge in [-0.2, -0.15) is 4.31 Å². The van der Waals surface area contributed by atoms with Crippen LogP contribution in [-0.4, -0.2) is 50.3 Å². The van der Waals surface area contributed by atoms with Crippen LogP contribution in [0, 0.1) is 0 Å². The first-order chi connectivity index (χ1) is 14.8. The quantitative estimate of drug-likeness (QED) is 0.350. The lowest BCUT2D eigenvalue weighted by Gasteiger charge is -2.32. The first kappa shape index (κ1) is 23.0. The summed E-state index contributed by atoms with van der Waals surface area (Å²) in [7, 11) is -3.58. The Morgan fingerprint density at radius 1 is 1.03 bits per heavy atom.